The van der Waals surface area contributed by atoms with E-state index in [1.807, 2.05) is 44.2 Å². The Morgan fingerprint density at radius 1 is 1.03 bits per heavy atom. The van der Waals surface area contributed by atoms with Crippen molar-refractivity contribution < 1.29 is 19.0 Å². The van der Waals surface area contributed by atoms with Crippen molar-refractivity contribution in [3.8, 4) is 11.3 Å². The van der Waals surface area contributed by atoms with Gasteiger partial charge in [-0.15, -0.1) is 0 Å². The minimum atomic E-state index is -0.446. The number of hydrogen-bond donors (Lipinski definition) is 1. The molecule has 208 valence electrons. The van der Waals surface area contributed by atoms with Gasteiger partial charge in [0.1, 0.15) is 5.82 Å². The fraction of sp³-hybridized carbons (Fsp3) is 0.517. The fourth-order valence-electron chi connectivity index (χ4n) is 4.84. The zero-order chi connectivity index (χ0) is 27.6. The summed E-state index contributed by atoms with van der Waals surface area (Å²) in [6, 6.07) is 11.9. The van der Waals surface area contributed by atoms with Crippen molar-refractivity contribution in [2.24, 2.45) is 0 Å². The lowest BCUT2D eigenvalue weighted by Gasteiger charge is -2.37. The minimum Gasteiger partial charge on any atom is -0.377 e. The Hall–Kier alpha value is -3.34. The number of hydrogen-bond acceptors (Lipinski definition) is 9. The third-order valence-electron chi connectivity index (χ3n) is 7.44. The fourth-order valence-corrected chi connectivity index (χ4v) is 4.84. The number of amides is 1. The highest BCUT2D eigenvalue weighted by molar-refractivity contribution is 5.96. The lowest BCUT2D eigenvalue weighted by atomic mass is 10.1. The second-order valence-corrected chi connectivity index (χ2v) is 10.9. The van der Waals surface area contributed by atoms with Crippen molar-refractivity contribution in [1.82, 2.24) is 20.3 Å². The van der Waals surface area contributed by atoms with E-state index >= 15 is 0 Å². The van der Waals surface area contributed by atoms with Crippen LogP contribution >= 0.6 is 0 Å². The van der Waals surface area contributed by atoms with Crippen molar-refractivity contribution in [2.75, 3.05) is 63.0 Å². The summed E-state index contributed by atoms with van der Waals surface area (Å²) < 4.78 is 16.8. The zero-order valence-corrected chi connectivity index (χ0v) is 23.4. The van der Waals surface area contributed by atoms with Crippen LogP contribution in [0.3, 0.4) is 0 Å². The molecule has 1 aromatic carbocycles. The number of rotatable bonds is 7. The number of pyridine rings is 1. The minimum absolute atomic E-state index is 0.155. The van der Waals surface area contributed by atoms with Crippen LogP contribution in [0.4, 0.5) is 11.8 Å². The molecule has 2 fully saturated rings. The van der Waals surface area contributed by atoms with Gasteiger partial charge in [0.05, 0.1) is 55.2 Å². The molecular formula is C29H38N6O4. The summed E-state index contributed by atoms with van der Waals surface area (Å²) in [5.41, 5.74) is 2.33. The van der Waals surface area contributed by atoms with E-state index < -0.39 is 5.60 Å². The van der Waals surface area contributed by atoms with Gasteiger partial charge in [0.15, 0.2) is 5.65 Å². The summed E-state index contributed by atoms with van der Waals surface area (Å²) in [6.45, 7) is 12.6. The van der Waals surface area contributed by atoms with Crippen LogP contribution in [0.1, 0.15) is 38.1 Å². The van der Waals surface area contributed by atoms with E-state index in [0.717, 1.165) is 35.6 Å². The number of ether oxygens (including phenoxy) is 3. The molecule has 0 unspecified atom stereocenters. The molecule has 39 heavy (non-hydrogen) atoms. The van der Waals surface area contributed by atoms with Gasteiger partial charge in [-0.05, 0) is 52.0 Å². The lowest BCUT2D eigenvalue weighted by molar-refractivity contribution is 0.0229. The Morgan fingerprint density at radius 2 is 1.74 bits per heavy atom. The SMILES string of the molecule is COC(C)(C)CNC(=O)c1cccc(-c2ccc3c(N4CCOC[C@H]4C)nc(N4CCOC[C@H]4C)nc3n2)c1. The van der Waals surface area contributed by atoms with Crippen molar-refractivity contribution in [3.63, 3.8) is 0 Å². The third-order valence-corrected chi connectivity index (χ3v) is 7.44. The number of methoxy groups -OCH3 is 1. The third kappa shape index (κ3) is 5.98. The average Bonchev–Trinajstić information content (AvgIpc) is 2.95. The second-order valence-electron chi connectivity index (χ2n) is 10.9. The van der Waals surface area contributed by atoms with Gasteiger partial charge in [0, 0.05) is 37.9 Å². The molecule has 2 atom stereocenters. The van der Waals surface area contributed by atoms with Crippen molar-refractivity contribution >= 4 is 28.7 Å². The van der Waals surface area contributed by atoms with Crippen molar-refractivity contribution in [1.29, 1.82) is 0 Å². The number of aromatic nitrogens is 3. The molecule has 2 saturated heterocycles. The smallest absolute Gasteiger partial charge is 0.251 e. The highest BCUT2D eigenvalue weighted by Crippen LogP contribution is 2.31. The summed E-state index contributed by atoms with van der Waals surface area (Å²) >= 11 is 0. The first-order valence-corrected chi connectivity index (χ1v) is 13.6. The molecule has 0 bridgehead atoms. The van der Waals surface area contributed by atoms with Crippen molar-refractivity contribution in [3.05, 3.63) is 42.0 Å². The Morgan fingerprint density at radius 3 is 2.44 bits per heavy atom. The summed E-state index contributed by atoms with van der Waals surface area (Å²) in [7, 11) is 1.64. The van der Waals surface area contributed by atoms with Gasteiger partial charge in [0.2, 0.25) is 5.95 Å². The van der Waals surface area contributed by atoms with Gasteiger partial charge in [-0.3, -0.25) is 4.79 Å². The van der Waals surface area contributed by atoms with Gasteiger partial charge < -0.3 is 29.3 Å². The largest absolute Gasteiger partial charge is 0.377 e. The van der Waals surface area contributed by atoms with E-state index in [4.69, 9.17) is 29.2 Å². The maximum Gasteiger partial charge on any atom is 0.251 e. The number of morpholine rings is 2. The molecule has 0 saturated carbocycles. The number of fused-ring (bicyclic) bond motifs is 1. The summed E-state index contributed by atoms with van der Waals surface area (Å²) in [5.74, 6) is 1.38. The second kappa shape index (κ2) is 11.4. The van der Waals surface area contributed by atoms with Crippen LogP contribution in [-0.2, 0) is 14.2 Å². The van der Waals surface area contributed by atoms with E-state index in [9.17, 15) is 4.79 Å². The summed E-state index contributed by atoms with van der Waals surface area (Å²) in [4.78, 5) is 32.3. The van der Waals surface area contributed by atoms with Gasteiger partial charge in [-0.2, -0.15) is 9.97 Å². The van der Waals surface area contributed by atoms with E-state index in [1.165, 1.54) is 0 Å². The molecule has 4 heterocycles. The highest BCUT2D eigenvalue weighted by atomic mass is 16.5. The number of carbonyl (C=O) groups is 1. The highest BCUT2D eigenvalue weighted by Gasteiger charge is 2.27. The van der Waals surface area contributed by atoms with Gasteiger partial charge in [0.25, 0.3) is 5.91 Å². The van der Waals surface area contributed by atoms with Crippen LogP contribution in [0.15, 0.2) is 36.4 Å². The normalized spacial score (nSPS) is 20.3. The van der Waals surface area contributed by atoms with Gasteiger partial charge >= 0.3 is 0 Å². The number of anilines is 2. The van der Waals surface area contributed by atoms with Crippen LogP contribution in [0.2, 0.25) is 0 Å². The Kier molecular flexibility index (Phi) is 7.97. The molecule has 10 nitrogen and oxygen atoms in total. The molecule has 2 aromatic heterocycles. The molecule has 2 aliphatic rings. The number of carbonyl (C=O) groups excluding carboxylic acids is 1. The Bertz CT molecular complexity index is 1330. The molecule has 5 rings (SSSR count). The maximum absolute atomic E-state index is 12.9. The summed E-state index contributed by atoms with van der Waals surface area (Å²) in [5, 5.41) is 3.85. The Balaban J connectivity index is 1.52. The van der Waals surface area contributed by atoms with E-state index in [0.29, 0.717) is 50.1 Å². The summed E-state index contributed by atoms with van der Waals surface area (Å²) in [6.07, 6.45) is 0. The van der Waals surface area contributed by atoms with Gasteiger partial charge in [-0.25, -0.2) is 4.98 Å². The molecule has 2 aliphatic heterocycles. The monoisotopic (exact) mass is 534 g/mol. The predicted molar refractivity (Wildman–Crippen MR) is 151 cm³/mol. The van der Waals surface area contributed by atoms with E-state index in [1.54, 1.807) is 13.2 Å². The molecule has 0 aliphatic carbocycles. The molecule has 0 spiro atoms. The molecule has 3 aromatic rings. The first kappa shape index (κ1) is 27.2. The van der Waals surface area contributed by atoms with Crippen molar-refractivity contribution in [2.45, 2.75) is 45.4 Å². The average molecular weight is 535 g/mol. The zero-order valence-electron chi connectivity index (χ0n) is 23.4. The van der Waals surface area contributed by atoms with E-state index in [-0.39, 0.29) is 18.0 Å². The van der Waals surface area contributed by atoms with Crippen LogP contribution in [0.5, 0.6) is 0 Å². The topological polar surface area (TPSA) is 102 Å². The first-order chi connectivity index (χ1) is 18.8. The quantitative estimate of drug-likeness (QED) is 0.489. The van der Waals surface area contributed by atoms with Crippen LogP contribution in [0, 0.1) is 0 Å². The maximum atomic E-state index is 12.9. The molecule has 1 N–H and O–H groups in total. The molecule has 1 amide bonds. The number of nitrogens with one attached hydrogen (secondary N) is 1. The van der Waals surface area contributed by atoms with Crippen LogP contribution in [-0.4, -0.2) is 91.7 Å². The lowest BCUT2D eigenvalue weighted by Crippen LogP contribution is -2.46. The van der Waals surface area contributed by atoms with E-state index in [2.05, 4.69) is 29.0 Å². The van der Waals surface area contributed by atoms with Crippen LogP contribution in [0.25, 0.3) is 22.3 Å². The van der Waals surface area contributed by atoms with Gasteiger partial charge in [-0.1, -0.05) is 12.1 Å². The number of benzene rings is 1. The predicted octanol–water partition coefficient (Wildman–Crippen LogP) is 3.30. The standard InChI is InChI=1S/C29H38N6O4/c1-19-16-38-13-11-34(19)26-23-9-10-24(31-25(23)32-28(33-26)35-12-14-39-17-20(35)2)21-7-6-8-22(15-21)27(36)30-18-29(3,4)37-5/h6-10,15,19-20H,11-14,16-18H2,1-5H3,(H,30,36)/t19-,20-/m1/s1. The molecule has 0 radical (unpaired) electrons. The van der Waals surface area contributed by atoms with Crippen LogP contribution < -0.4 is 15.1 Å². The number of nitrogens with zero attached hydrogens (tertiary/aromatic N) is 5. The Labute approximate surface area is 229 Å². The molecular weight excluding hydrogens is 496 g/mol. The molecule has 10 heteroatoms. The first-order valence-electron chi connectivity index (χ1n) is 13.6.